The topological polar surface area (TPSA) is 143 Å². The zero-order chi connectivity index (χ0) is 28.1. The van der Waals surface area contributed by atoms with E-state index in [-0.39, 0.29) is 23.5 Å². The van der Waals surface area contributed by atoms with Crippen molar-refractivity contribution in [1.29, 1.82) is 5.26 Å². The third-order valence-electron chi connectivity index (χ3n) is 6.58. The minimum Gasteiger partial charge on any atom is -0.482 e. The number of carbonyl (C=O) groups excluding carboxylic acids is 1. The summed E-state index contributed by atoms with van der Waals surface area (Å²) in [5, 5.41) is 20.1. The second-order valence-electron chi connectivity index (χ2n) is 9.18. The number of hydrogen-bond acceptors (Lipinski definition) is 9. The Hall–Kier alpha value is -5.21. The van der Waals surface area contributed by atoms with E-state index in [4.69, 9.17) is 13.6 Å². The van der Waals surface area contributed by atoms with Gasteiger partial charge in [0.25, 0.3) is 5.91 Å². The maximum Gasteiger partial charge on any atom is 0.433 e. The monoisotopic (exact) mass is 540 g/mol. The molecule has 40 heavy (non-hydrogen) atoms. The van der Waals surface area contributed by atoms with E-state index in [0.29, 0.717) is 44.0 Å². The molecule has 1 aliphatic rings. The smallest absolute Gasteiger partial charge is 0.433 e. The number of nitrogens with zero attached hydrogens (tertiary/aromatic N) is 4. The van der Waals surface area contributed by atoms with Gasteiger partial charge in [-0.05, 0) is 28.8 Å². The highest BCUT2D eigenvalue weighted by Crippen LogP contribution is 2.24. The van der Waals surface area contributed by atoms with Crippen molar-refractivity contribution >= 4 is 11.8 Å². The maximum absolute atomic E-state index is 12.6. The van der Waals surface area contributed by atoms with Gasteiger partial charge in [0.2, 0.25) is 11.2 Å². The van der Waals surface area contributed by atoms with Crippen LogP contribution >= 0.6 is 0 Å². The molecule has 0 unspecified atom stereocenters. The summed E-state index contributed by atoms with van der Waals surface area (Å²) in [6.07, 6.45) is 1.30. The van der Waals surface area contributed by atoms with Crippen molar-refractivity contribution < 1.29 is 23.3 Å². The van der Waals surface area contributed by atoms with Crippen molar-refractivity contribution in [3.05, 3.63) is 116 Å². The van der Waals surface area contributed by atoms with Crippen LogP contribution in [0, 0.1) is 21.4 Å². The number of rotatable bonds is 8. The van der Waals surface area contributed by atoms with Gasteiger partial charge in [0.05, 0.1) is 24.2 Å². The Morgan fingerprint density at radius 1 is 1.05 bits per heavy atom. The highest BCUT2D eigenvalue weighted by molar-refractivity contribution is 5.91. The number of furan rings is 1. The van der Waals surface area contributed by atoms with E-state index in [1.165, 1.54) is 18.4 Å². The molecule has 11 heteroatoms. The van der Waals surface area contributed by atoms with Crippen molar-refractivity contribution in [1.82, 2.24) is 9.80 Å². The molecular weight excluding hydrogens is 516 g/mol. The average Bonchev–Trinajstić information content (AvgIpc) is 3.48. The summed E-state index contributed by atoms with van der Waals surface area (Å²) in [7, 11) is 0. The van der Waals surface area contributed by atoms with Crippen LogP contribution in [-0.4, -0.2) is 46.8 Å². The van der Waals surface area contributed by atoms with E-state index in [2.05, 4.69) is 6.07 Å². The van der Waals surface area contributed by atoms with Gasteiger partial charge in [-0.1, -0.05) is 42.5 Å². The number of piperazine rings is 1. The molecule has 1 aliphatic heterocycles. The predicted molar refractivity (Wildman–Crippen MR) is 142 cm³/mol. The van der Waals surface area contributed by atoms with E-state index in [9.17, 15) is 25.0 Å². The Balaban J connectivity index is 1.12. The largest absolute Gasteiger partial charge is 0.482 e. The molecule has 0 N–H and O–H groups in total. The van der Waals surface area contributed by atoms with E-state index in [1.807, 2.05) is 47.4 Å². The fourth-order valence-electron chi connectivity index (χ4n) is 4.43. The molecule has 2 aromatic carbocycles. The van der Waals surface area contributed by atoms with Crippen LogP contribution in [0.25, 0.3) is 11.1 Å². The third kappa shape index (κ3) is 5.92. The zero-order valence-electron chi connectivity index (χ0n) is 21.3. The molecule has 0 radical (unpaired) electrons. The van der Waals surface area contributed by atoms with Gasteiger partial charge in [-0.25, -0.2) is 0 Å². The highest BCUT2D eigenvalue weighted by Gasteiger charge is 2.26. The second-order valence-corrected chi connectivity index (χ2v) is 9.18. The summed E-state index contributed by atoms with van der Waals surface area (Å²) in [6.45, 7) is 2.43. The van der Waals surface area contributed by atoms with Crippen LogP contribution in [0.2, 0.25) is 0 Å². The molecule has 1 amide bonds. The van der Waals surface area contributed by atoms with Gasteiger partial charge < -0.3 is 18.5 Å². The van der Waals surface area contributed by atoms with Crippen LogP contribution < -0.4 is 10.2 Å². The van der Waals surface area contributed by atoms with Crippen LogP contribution in [0.4, 0.5) is 5.88 Å². The molecule has 5 rings (SSSR count). The molecule has 2 aromatic heterocycles. The van der Waals surface area contributed by atoms with Gasteiger partial charge in [-0.3, -0.25) is 24.6 Å². The number of nitriles is 1. The molecule has 0 spiro atoms. The minimum absolute atomic E-state index is 0.0676. The van der Waals surface area contributed by atoms with Gasteiger partial charge in [0.1, 0.15) is 23.6 Å². The summed E-state index contributed by atoms with van der Waals surface area (Å²) in [6, 6.07) is 21.0. The van der Waals surface area contributed by atoms with Crippen molar-refractivity contribution in [2.24, 2.45) is 0 Å². The van der Waals surface area contributed by atoms with Gasteiger partial charge in [0, 0.05) is 32.2 Å². The third-order valence-corrected chi connectivity index (χ3v) is 6.58. The lowest BCUT2D eigenvalue weighted by Crippen LogP contribution is -2.48. The standard InChI is InChI=1S/C29H24N4O7/c30-16-22-3-1-2-4-24(22)21-7-5-20(6-8-21)18-39-27-19-38-23(15-25(27)34)17-31-11-13-32(14-12-31)29(35)26-9-10-28(40-26)33(36)37/h1-10,15,19H,11-14,17-18H2. The molecule has 1 saturated heterocycles. The second kappa shape index (κ2) is 11.7. The lowest BCUT2D eigenvalue weighted by Gasteiger charge is -2.33. The summed E-state index contributed by atoms with van der Waals surface area (Å²) in [4.78, 5) is 38.9. The predicted octanol–water partition coefficient (Wildman–Crippen LogP) is 4.22. The first kappa shape index (κ1) is 26.4. The Morgan fingerprint density at radius 2 is 1.80 bits per heavy atom. The number of benzene rings is 2. The van der Waals surface area contributed by atoms with Crippen molar-refractivity contribution in [2.45, 2.75) is 13.2 Å². The summed E-state index contributed by atoms with van der Waals surface area (Å²) >= 11 is 0. The molecule has 4 aromatic rings. The Kier molecular flexibility index (Phi) is 7.70. The van der Waals surface area contributed by atoms with Crippen LogP contribution in [0.3, 0.4) is 0 Å². The van der Waals surface area contributed by atoms with E-state index in [1.54, 1.807) is 11.0 Å². The lowest BCUT2D eigenvalue weighted by molar-refractivity contribution is -0.402. The number of ether oxygens (including phenoxy) is 1. The van der Waals surface area contributed by atoms with Crippen molar-refractivity contribution in [3.63, 3.8) is 0 Å². The zero-order valence-corrected chi connectivity index (χ0v) is 21.3. The molecule has 0 bridgehead atoms. The van der Waals surface area contributed by atoms with Crippen LogP contribution in [0.15, 0.2) is 86.6 Å². The Labute approximate surface area is 228 Å². The summed E-state index contributed by atoms with van der Waals surface area (Å²) < 4.78 is 16.3. The highest BCUT2D eigenvalue weighted by atomic mass is 16.6. The van der Waals surface area contributed by atoms with Crippen LogP contribution in [0.1, 0.15) is 27.4 Å². The Bertz CT molecular complexity index is 1630. The molecule has 0 aliphatic carbocycles. The van der Waals surface area contributed by atoms with Gasteiger partial charge in [-0.15, -0.1) is 0 Å². The van der Waals surface area contributed by atoms with E-state index < -0.39 is 16.7 Å². The summed E-state index contributed by atoms with van der Waals surface area (Å²) in [5.41, 5.74) is 2.93. The molecule has 3 heterocycles. The number of nitro groups is 1. The average molecular weight is 541 g/mol. The SMILES string of the molecule is N#Cc1ccccc1-c1ccc(COc2coc(CN3CCN(C(=O)c4ccc([N+](=O)[O-])o4)CC3)cc2=O)cc1. The first-order valence-corrected chi connectivity index (χ1v) is 12.5. The maximum atomic E-state index is 12.6. The van der Waals surface area contributed by atoms with Crippen molar-refractivity contribution in [3.8, 4) is 22.9 Å². The molecular formula is C29H24N4O7. The molecule has 1 fully saturated rings. The normalized spacial score (nSPS) is 13.5. The molecule has 11 nitrogen and oxygen atoms in total. The van der Waals surface area contributed by atoms with Crippen LogP contribution in [-0.2, 0) is 13.2 Å². The number of hydrogen-bond donors (Lipinski definition) is 0. The molecule has 202 valence electrons. The van der Waals surface area contributed by atoms with E-state index in [0.717, 1.165) is 22.8 Å². The van der Waals surface area contributed by atoms with Gasteiger partial charge in [-0.2, -0.15) is 5.26 Å². The lowest BCUT2D eigenvalue weighted by atomic mass is 9.99. The fourth-order valence-corrected chi connectivity index (χ4v) is 4.43. The Morgan fingerprint density at radius 3 is 2.48 bits per heavy atom. The van der Waals surface area contributed by atoms with Gasteiger partial charge in [0.15, 0.2) is 5.76 Å². The molecule has 0 atom stereocenters. The van der Waals surface area contributed by atoms with E-state index >= 15 is 0 Å². The summed E-state index contributed by atoms with van der Waals surface area (Å²) in [5.74, 6) is -0.366. The minimum atomic E-state index is -0.686. The van der Waals surface area contributed by atoms with Crippen LogP contribution in [0.5, 0.6) is 5.75 Å². The van der Waals surface area contributed by atoms with Gasteiger partial charge >= 0.3 is 5.88 Å². The number of amides is 1. The molecule has 0 saturated carbocycles. The fraction of sp³-hybridized carbons (Fsp3) is 0.207. The first-order chi connectivity index (χ1) is 19.4. The number of carbonyl (C=O) groups is 1. The van der Waals surface area contributed by atoms with Crippen molar-refractivity contribution in [2.75, 3.05) is 26.2 Å². The quantitative estimate of drug-likeness (QED) is 0.237. The first-order valence-electron chi connectivity index (χ1n) is 12.5.